The van der Waals surface area contributed by atoms with E-state index < -0.39 is 33.9 Å². The number of benzene rings is 1. The lowest BCUT2D eigenvalue weighted by Gasteiger charge is -2.31. The van der Waals surface area contributed by atoms with Gasteiger partial charge in [-0.05, 0) is 31.0 Å². The van der Waals surface area contributed by atoms with Gasteiger partial charge in [-0.25, -0.2) is 13.2 Å². The van der Waals surface area contributed by atoms with Crippen LogP contribution < -0.4 is 5.32 Å². The van der Waals surface area contributed by atoms with Gasteiger partial charge in [-0.3, -0.25) is 4.79 Å². The van der Waals surface area contributed by atoms with E-state index in [0.717, 1.165) is 31.6 Å². The zero-order chi connectivity index (χ0) is 19.4. The third kappa shape index (κ3) is 4.96. The summed E-state index contributed by atoms with van der Waals surface area (Å²) in [4.78, 5) is 24.1. The van der Waals surface area contributed by atoms with Crippen molar-refractivity contribution in [1.29, 1.82) is 5.26 Å². The van der Waals surface area contributed by atoms with E-state index in [4.69, 9.17) is 16.3 Å². The fraction of sp³-hybridized carbons (Fsp3) is 0.471. The van der Waals surface area contributed by atoms with E-state index in [1.54, 1.807) is 0 Å². The molecule has 1 aliphatic rings. The average molecular weight is 399 g/mol. The zero-order valence-corrected chi connectivity index (χ0v) is 15.8. The molecule has 0 radical (unpaired) electrons. The monoisotopic (exact) mass is 398 g/mol. The highest BCUT2D eigenvalue weighted by atomic mass is 35.5. The minimum atomic E-state index is -3.52. The lowest BCUT2D eigenvalue weighted by atomic mass is 9.83. The molecule has 1 amide bonds. The number of carbonyl (C=O) groups is 2. The number of hydrogen-bond acceptors (Lipinski definition) is 6. The maximum absolute atomic E-state index is 12.1. The highest BCUT2D eigenvalue weighted by Crippen LogP contribution is 2.27. The summed E-state index contributed by atoms with van der Waals surface area (Å²) in [5.41, 5.74) is -1.06. The lowest BCUT2D eigenvalue weighted by Crippen LogP contribution is -2.50. The first-order chi connectivity index (χ1) is 12.2. The van der Waals surface area contributed by atoms with Gasteiger partial charge >= 0.3 is 5.97 Å². The molecule has 7 nitrogen and oxygen atoms in total. The molecule has 1 N–H and O–H groups in total. The smallest absolute Gasteiger partial charge is 0.340 e. The second-order valence-corrected chi connectivity index (χ2v) is 8.72. The van der Waals surface area contributed by atoms with Crippen molar-refractivity contribution in [2.75, 3.05) is 12.9 Å². The summed E-state index contributed by atoms with van der Waals surface area (Å²) < 4.78 is 28.1. The van der Waals surface area contributed by atoms with Crippen LogP contribution >= 0.6 is 11.6 Å². The first-order valence-corrected chi connectivity index (χ1v) is 10.3. The standard InChI is InChI=1S/C17H19ClN2O5S/c1-26(23,24)12-5-6-14(18)13(9-12)16(22)25-10-15(21)20-17(11-19)7-3-2-4-8-17/h5-6,9H,2-4,7-8,10H2,1H3,(H,20,21). The van der Waals surface area contributed by atoms with E-state index in [2.05, 4.69) is 11.4 Å². The molecule has 140 valence electrons. The largest absolute Gasteiger partial charge is 0.452 e. The molecule has 1 aliphatic carbocycles. The molecule has 0 atom stereocenters. The van der Waals surface area contributed by atoms with Gasteiger partial charge < -0.3 is 10.1 Å². The summed E-state index contributed by atoms with van der Waals surface area (Å²) in [6.07, 6.45) is 4.84. The predicted molar refractivity (Wildman–Crippen MR) is 94.4 cm³/mol. The molecule has 2 rings (SSSR count). The molecule has 0 bridgehead atoms. The quantitative estimate of drug-likeness (QED) is 0.761. The van der Waals surface area contributed by atoms with E-state index in [-0.39, 0.29) is 15.5 Å². The summed E-state index contributed by atoms with van der Waals surface area (Å²) in [6.45, 7) is -0.582. The van der Waals surface area contributed by atoms with E-state index in [1.165, 1.54) is 12.1 Å². The van der Waals surface area contributed by atoms with Crippen molar-refractivity contribution in [1.82, 2.24) is 5.32 Å². The van der Waals surface area contributed by atoms with Crippen LogP contribution in [0.1, 0.15) is 42.5 Å². The van der Waals surface area contributed by atoms with E-state index in [1.807, 2.05) is 0 Å². The number of carbonyl (C=O) groups excluding carboxylic acids is 2. The lowest BCUT2D eigenvalue weighted by molar-refractivity contribution is -0.125. The van der Waals surface area contributed by atoms with Crippen molar-refractivity contribution in [3.63, 3.8) is 0 Å². The first-order valence-electron chi connectivity index (χ1n) is 8.06. The van der Waals surface area contributed by atoms with Gasteiger partial charge in [0.1, 0.15) is 5.54 Å². The number of rotatable bonds is 5. The Morgan fingerprint density at radius 1 is 1.31 bits per heavy atom. The molecule has 26 heavy (non-hydrogen) atoms. The Bertz CT molecular complexity index is 854. The van der Waals surface area contributed by atoms with Crippen molar-refractivity contribution in [2.45, 2.75) is 42.5 Å². The molecule has 9 heteroatoms. The molecule has 0 aromatic heterocycles. The minimum absolute atomic E-state index is 0.0172. The molecule has 0 heterocycles. The van der Waals surface area contributed by atoms with Crippen LogP contribution in [0.5, 0.6) is 0 Å². The van der Waals surface area contributed by atoms with E-state index in [0.29, 0.717) is 12.8 Å². The summed E-state index contributed by atoms with van der Waals surface area (Å²) in [7, 11) is -3.52. The number of nitrogens with one attached hydrogen (secondary N) is 1. The summed E-state index contributed by atoms with van der Waals surface area (Å²) in [5, 5.41) is 12.0. The summed E-state index contributed by atoms with van der Waals surface area (Å²) >= 11 is 5.92. The number of halogens is 1. The topological polar surface area (TPSA) is 113 Å². The number of esters is 1. The van der Waals surface area contributed by atoms with Gasteiger partial charge in [-0.1, -0.05) is 30.9 Å². The normalized spacial score (nSPS) is 16.3. The first kappa shape index (κ1) is 20.2. The van der Waals surface area contributed by atoms with Gasteiger partial charge in [0.15, 0.2) is 16.4 Å². The van der Waals surface area contributed by atoms with Crippen LogP contribution in [0.4, 0.5) is 0 Å². The molecular formula is C17H19ClN2O5S. The zero-order valence-electron chi connectivity index (χ0n) is 14.2. The van der Waals surface area contributed by atoms with Gasteiger partial charge in [0.05, 0.1) is 21.6 Å². The Hall–Kier alpha value is -2.11. The number of nitriles is 1. The molecule has 0 aliphatic heterocycles. The van der Waals surface area contributed by atoms with E-state index in [9.17, 15) is 23.3 Å². The van der Waals surface area contributed by atoms with Crippen molar-refractivity contribution in [2.24, 2.45) is 0 Å². The second kappa shape index (κ2) is 8.06. The Labute approximate surface area is 157 Å². The van der Waals surface area contributed by atoms with Crippen molar-refractivity contribution >= 4 is 33.3 Å². The summed E-state index contributed by atoms with van der Waals surface area (Å²) in [6, 6.07) is 5.81. The van der Waals surface area contributed by atoms with Gasteiger partial charge in [-0.2, -0.15) is 5.26 Å². The van der Waals surface area contributed by atoms with Crippen molar-refractivity contribution in [3.05, 3.63) is 28.8 Å². The van der Waals surface area contributed by atoms with Gasteiger partial charge in [0, 0.05) is 6.26 Å². The van der Waals surface area contributed by atoms with Gasteiger partial charge in [0.2, 0.25) is 0 Å². The Kier molecular flexibility index (Phi) is 6.26. The van der Waals surface area contributed by atoms with Gasteiger partial charge in [-0.15, -0.1) is 0 Å². The fourth-order valence-corrected chi connectivity index (χ4v) is 3.67. The molecule has 1 fully saturated rings. The van der Waals surface area contributed by atoms with Crippen molar-refractivity contribution < 1.29 is 22.7 Å². The van der Waals surface area contributed by atoms with Crippen molar-refractivity contribution in [3.8, 4) is 6.07 Å². The SMILES string of the molecule is CS(=O)(=O)c1ccc(Cl)c(C(=O)OCC(=O)NC2(C#N)CCCCC2)c1. The molecule has 0 spiro atoms. The van der Waals surface area contributed by atoms with Crippen LogP contribution in [0.15, 0.2) is 23.1 Å². The second-order valence-electron chi connectivity index (χ2n) is 6.29. The average Bonchev–Trinajstić information content (AvgIpc) is 2.60. The minimum Gasteiger partial charge on any atom is -0.452 e. The summed E-state index contributed by atoms with van der Waals surface area (Å²) in [5.74, 6) is -1.50. The predicted octanol–water partition coefficient (Wildman–Crippen LogP) is 2.24. The molecule has 0 unspecified atom stereocenters. The molecule has 1 aromatic rings. The van der Waals surface area contributed by atoms with Crippen LogP contribution in [0.3, 0.4) is 0 Å². The van der Waals surface area contributed by atoms with Crippen LogP contribution in [-0.4, -0.2) is 38.7 Å². The van der Waals surface area contributed by atoms with Gasteiger partial charge in [0.25, 0.3) is 5.91 Å². The Balaban J connectivity index is 2.02. The van der Waals surface area contributed by atoms with Crippen LogP contribution in [0.2, 0.25) is 5.02 Å². The molecule has 1 aromatic carbocycles. The van der Waals surface area contributed by atoms with Crippen LogP contribution in [0.25, 0.3) is 0 Å². The highest BCUT2D eigenvalue weighted by molar-refractivity contribution is 7.90. The highest BCUT2D eigenvalue weighted by Gasteiger charge is 2.33. The third-order valence-electron chi connectivity index (χ3n) is 4.22. The molecule has 0 saturated heterocycles. The number of hydrogen-bond donors (Lipinski definition) is 1. The van der Waals surface area contributed by atoms with Crippen LogP contribution in [-0.2, 0) is 19.4 Å². The Morgan fingerprint density at radius 2 is 1.96 bits per heavy atom. The number of nitrogens with zero attached hydrogens (tertiary/aromatic N) is 1. The van der Waals surface area contributed by atoms with Crippen LogP contribution in [0, 0.1) is 11.3 Å². The Morgan fingerprint density at radius 3 is 2.54 bits per heavy atom. The number of sulfone groups is 1. The number of amides is 1. The maximum Gasteiger partial charge on any atom is 0.340 e. The van der Waals surface area contributed by atoms with E-state index >= 15 is 0 Å². The maximum atomic E-state index is 12.1. The fourth-order valence-electron chi connectivity index (χ4n) is 2.82. The third-order valence-corrected chi connectivity index (χ3v) is 5.66. The molecular weight excluding hydrogens is 380 g/mol. The molecule has 1 saturated carbocycles. The number of ether oxygens (including phenoxy) is 1.